The number of carboxylic acids is 1. The number of aliphatic hydroxyl groups excluding tert-OH is 2. The van der Waals surface area contributed by atoms with E-state index in [2.05, 4.69) is 0 Å². The van der Waals surface area contributed by atoms with Crippen LogP contribution in [-0.2, 0) is 4.79 Å². The van der Waals surface area contributed by atoms with Crippen molar-refractivity contribution in [2.24, 2.45) is 0 Å². The number of carboxylic acid groups (broad SMARTS) is 1. The Morgan fingerprint density at radius 2 is 1.71 bits per heavy atom. The summed E-state index contributed by atoms with van der Waals surface area (Å²) in [5.74, 6) is -1.53. The van der Waals surface area contributed by atoms with Crippen molar-refractivity contribution < 1.29 is 24.9 Å². The fraction of sp³-hybridized carbons (Fsp3) is 0.333. The van der Waals surface area contributed by atoms with E-state index >= 15 is 0 Å². The van der Waals surface area contributed by atoms with Crippen molar-refractivity contribution in [3.8, 4) is 0 Å². The minimum atomic E-state index is -1.87. The quantitative estimate of drug-likeness (QED) is 0.658. The summed E-state index contributed by atoms with van der Waals surface area (Å²) in [4.78, 5) is 21.8. The van der Waals surface area contributed by atoms with Crippen LogP contribution in [0.2, 0.25) is 0 Å². The third-order valence-corrected chi connectivity index (χ3v) is 2.45. The van der Waals surface area contributed by atoms with Crippen molar-refractivity contribution in [2.45, 2.75) is 25.6 Å². The molecule has 0 radical (unpaired) electrons. The van der Waals surface area contributed by atoms with Gasteiger partial charge in [0.2, 0.25) is 0 Å². The molecular formula is C12H14O5. The molecule has 0 spiro atoms. The highest BCUT2D eigenvalue weighted by Crippen LogP contribution is 2.18. The molecule has 92 valence electrons. The molecule has 2 atom stereocenters. The molecule has 3 N–H and O–H groups in total. The third-order valence-electron chi connectivity index (χ3n) is 2.45. The second kappa shape index (κ2) is 5.56. The van der Waals surface area contributed by atoms with Crippen molar-refractivity contribution >= 4 is 11.8 Å². The summed E-state index contributed by atoms with van der Waals surface area (Å²) in [7, 11) is 0. The predicted octanol–water partition coefficient (Wildman–Crippen LogP) is 0.758. The van der Waals surface area contributed by atoms with Crippen LogP contribution in [0.3, 0.4) is 0 Å². The molecule has 0 aliphatic carbocycles. The first kappa shape index (κ1) is 13.3. The van der Waals surface area contributed by atoms with E-state index in [4.69, 9.17) is 10.2 Å². The molecule has 0 aliphatic heterocycles. The zero-order chi connectivity index (χ0) is 13.0. The van der Waals surface area contributed by atoms with E-state index in [1.807, 2.05) is 0 Å². The Bertz CT molecular complexity index is 409. The number of aliphatic carboxylic acids is 1. The summed E-state index contributed by atoms with van der Waals surface area (Å²) in [6, 6.07) is 5.86. The van der Waals surface area contributed by atoms with Crippen molar-refractivity contribution in [2.75, 3.05) is 0 Å². The number of aliphatic hydroxyl groups is 2. The molecule has 0 aliphatic rings. The number of carbonyl (C=O) groups excluding carboxylic acids is 1. The highest BCUT2D eigenvalue weighted by molar-refractivity contribution is 5.95. The Labute approximate surface area is 98.3 Å². The van der Waals surface area contributed by atoms with Gasteiger partial charge >= 0.3 is 5.97 Å². The van der Waals surface area contributed by atoms with Crippen molar-refractivity contribution in [3.05, 3.63) is 35.4 Å². The molecule has 0 fully saturated rings. The van der Waals surface area contributed by atoms with E-state index in [-0.39, 0.29) is 11.3 Å². The Kier molecular flexibility index (Phi) is 4.37. The number of carbonyl (C=O) groups is 2. The largest absolute Gasteiger partial charge is 0.479 e. The van der Waals surface area contributed by atoms with Crippen molar-refractivity contribution in [1.82, 2.24) is 0 Å². The first-order valence-corrected chi connectivity index (χ1v) is 5.19. The van der Waals surface area contributed by atoms with Crippen LogP contribution in [0.4, 0.5) is 0 Å². The van der Waals surface area contributed by atoms with Gasteiger partial charge in [-0.25, -0.2) is 4.79 Å². The Morgan fingerprint density at radius 3 is 2.12 bits per heavy atom. The summed E-state index contributed by atoms with van der Waals surface area (Å²) in [5, 5.41) is 27.2. The summed E-state index contributed by atoms with van der Waals surface area (Å²) < 4.78 is 0. The summed E-state index contributed by atoms with van der Waals surface area (Å²) >= 11 is 0. The number of hydrogen-bond acceptors (Lipinski definition) is 4. The van der Waals surface area contributed by atoms with Crippen LogP contribution in [0.5, 0.6) is 0 Å². The lowest BCUT2D eigenvalue weighted by atomic mass is 10.0. The number of hydrogen-bond donors (Lipinski definition) is 3. The SMILES string of the molecule is CCC(=O)c1ccc(C(O)C(O)C(=O)O)cc1. The lowest BCUT2D eigenvalue weighted by molar-refractivity contribution is -0.153. The van der Waals surface area contributed by atoms with Gasteiger partial charge in [0, 0.05) is 12.0 Å². The fourth-order valence-electron chi connectivity index (χ4n) is 1.39. The van der Waals surface area contributed by atoms with Gasteiger partial charge in [-0.3, -0.25) is 4.79 Å². The molecule has 0 aromatic heterocycles. The van der Waals surface area contributed by atoms with Gasteiger partial charge in [-0.1, -0.05) is 31.2 Å². The van der Waals surface area contributed by atoms with Crippen molar-refractivity contribution in [3.63, 3.8) is 0 Å². The van der Waals surface area contributed by atoms with E-state index in [0.29, 0.717) is 12.0 Å². The van der Waals surface area contributed by atoms with Crippen LogP contribution < -0.4 is 0 Å². The van der Waals surface area contributed by atoms with E-state index in [0.717, 1.165) is 0 Å². The molecule has 17 heavy (non-hydrogen) atoms. The van der Waals surface area contributed by atoms with Gasteiger partial charge in [0.05, 0.1) is 0 Å². The first-order chi connectivity index (χ1) is 7.97. The van der Waals surface area contributed by atoms with E-state index < -0.39 is 18.2 Å². The van der Waals surface area contributed by atoms with Gasteiger partial charge in [-0.2, -0.15) is 0 Å². The second-order valence-electron chi connectivity index (χ2n) is 3.63. The molecular weight excluding hydrogens is 224 g/mol. The molecule has 0 bridgehead atoms. The highest BCUT2D eigenvalue weighted by Gasteiger charge is 2.24. The van der Waals surface area contributed by atoms with E-state index in [1.54, 1.807) is 6.92 Å². The summed E-state index contributed by atoms with van der Waals surface area (Å²) in [6.07, 6.45) is -3.00. The minimum absolute atomic E-state index is 0.0372. The van der Waals surface area contributed by atoms with E-state index in [1.165, 1.54) is 24.3 Å². The first-order valence-electron chi connectivity index (χ1n) is 5.19. The zero-order valence-electron chi connectivity index (χ0n) is 9.33. The number of ketones is 1. The molecule has 0 saturated heterocycles. The lowest BCUT2D eigenvalue weighted by Gasteiger charge is -2.14. The van der Waals surface area contributed by atoms with Gasteiger partial charge in [-0.05, 0) is 5.56 Å². The van der Waals surface area contributed by atoms with Gasteiger partial charge in [0.15, 0.2) is 11.9 Å². The fourth-order valence-corrected chi connectivity index (χ4v) is 1.39. The lowest BCUT2D eigenvalue weighted by Crippen LogP contribution is -2.27. The maximum absolute atomic E-state index is 11.3. The molecule has 2 unspecified atom stereocenters. The Hall–Kier alpha value is -1.72. The predicted molar refractivity (Wildman–Crippen MR) is 59.7 cm³/mol. The standard InChI is InChI=1S/C12H14O5/c1-2-9(13)7-3-5-8(6-4-7)10(14)11(15)12(16)17/h3-6,10-11,14-15H,2H2,1H3,(H,16,17). The molecule has 1 aromatic rings. The van der Waals surface area contributed by atoms with Crippen molar-refractivity contribution in [1.29, 1.82) is 0 Å². The zero-order valence-corrected chi connectivity index (χ0v) is 9.33. The average molecular weight is 238 g/mol. The third kappa shape index (κ3) is 3.12. The number of rotatable bonds is 5. The molecule has 5 nitrogen and oxygen atoms in total. The molecule has 0 heterocycles. The van der Waals surface area contributed by atoms with Gasteiger partial charge in [0.1, 0.15) is 6.10 Å². The van der Waals surface area contributed by atoms with Crippen LogP contribution in [0.25, 0.3) is 0 Å². The topological polar surface area (TPSA) is 94.8 Å². The average Bonchev–Trinajstić information content (AvgIpc) is 2.36. The monoisotopic (exact) mass is 238 g/mol. The second-order valence-corrected chi connectivity index (χ2v) is 3.63. The van der Waals surface area contributed by atoms with Crippen LogP contribution in [0, 0.1) is 0 Å². The van der Waals surface area contributed by atoms with Gasteiger partial charge < -0.3 is 15.3 Å². The Morgan fingerprint density at radius 1 is 1.18 bits per heavy atom. The van der Waals surface area contributed by atoms with Crippen LogP contribution >= 0.6 is 0 Å². The Balaban J connectivity index is 2.87. The van der Waals surface area contributed by atoms with Gasteiger partial charge in [-0.15, -0.1) is 0 Å². The normalized spacial score (nSPS) is 14.1. The summed E-state index contributed by atoms with van der Waals surface area (Å²) in [5.41, 5.74) is 0.751. The molecule has 0 amide bonds. The highest BCUT2D eigenvalue weighted by atomic mass is 16.4. The van der Waals surface area contributed by atoms with Crippen LogP contribution in [0.15, 0.2) is 24.3 Å². The van der Waals surface area contributed by atoms with Crippen LogP contribution in [0.1, 0.15) is 35.4 Å². The molecule has 1 rings (SSSR count). The minimum Gasteiger partial charge on any atom is -0.479 e. The maximum atomic E-state index is 11.3. The molecule has 1 aromatic carbocycles. The smallest absolute Gasteiger partial charge is 0.335 e. The van der Waals surface area contributed by atoms with Crippen LogP contribution in [-0.4, -0.2) is 33.2 Å². The van der Waals surface area contributed by atoms with E-state index in [9.17, 15) is 14.7 Å². The summed E-state index contributed by atoms with van der Waals surface area (Å²) in [6.45, 7) is 1.74. The van der Waals surface area contributed by atoms with Gasteiger partial charge in [0.25, 0.3) is 0 Å². The molecule has 0 saturated carbocycles. The number of Topliss-reactive ketones (excluding diaryl/α,β-unsaturated/α-hetero) is 1. The maximum Gasteiger partial charge on any atom is 0.335 e. The molecule has 5 heteroatoms. The number of benzene rings is 1.